The largest absolute Gasteiger partial charge is 0.466 e. The average Bonchev–Trinajstić information content (AvgIpc) is 2.79. The number of ether oxygens (including phenoxy) is 1. The molecule has 2 aromatic rings. The van der Waals surface area contributed by atoms with Crippen molar-refractivity contribution in [1.82, 2.24) is 9.21 Å². The molecule has 0 amide bonds. The van der Waals surface area contributed by atoms with Crippen molar-refractivity contribution in [2.75, 3.05) is 26.2 Å². The van der Waals surface area contributed by atoms with Gasteiger partial charge in [-0.1, -0.05) is 37.6 Å². The molecule has 1 saturated heterocycles. The molecule has 36 heavy (non-hydrogen) atoms. The highest BCUT2D eigenvalue weighted by molar-refractivity contribution is 7.97. The molecule has 0 aromatic heterocycles. The fraction of sp³-hybridized carbons (Fsp3) is 0.481. The highest BCUT2D eigenvalue weighted by Gasteiger charge is 2.33. The minimum absolute atomic E-state index is 0.139. The monoisotopic (exact) mass is 521 g/mol. The van der Waals surface area contributed by atoms with Gasteiger partial charge in [0, 0.05) is 37.1 Å². The molecule has 1 aliphatic heterocycles. The van der Waals surface area contributed by atoms with E-state index in [4.69, 9.17) is 4.74 Å². The highest BCUT2D eigenvalue weighted by atomic mass is 32.2. The maximum absolute atomic E-state index is 13.3. The molecule has 5 nitrogen and oxygen atoms in total. The lowest BCUT2D eigenvalue weighted by molar-refractivity contribution is -0.142. The van der Waals surface area contributed by atoms with E-state index in [9.17, 15) is 18.0 Å². The van der Waals surface area contributed by atoms with Crippen LogP contribution in [0.3, 0.4) is 0 Å². The summed E-state index contributed by atoms with van der Waals surface area (Å²) in [6.45, 7) is 15.0. The third-order valence-corrected chi connectivity index (χ3v) is 7.36. The van der Waals surface area contributed by atoms with Crippen LogP contribution in [-0.4, -0.2) is 54.2 Å². The van der Waals surface area contributed by atoms with E-state index >= 15 is 0 Å². The van der Waals surface area contributed by atoms with Gasteiger partial charge in [-0.05, 0) is 67.8 Å². The van der Waals surface area contributed by atoms with Gasteiger partial charge in [0.15, 0.2) is 0 Å². The molecular weight excluding hydrogens is 487 g/mol. The van der Waals surface area contributed by atoms with Crippen molar-refractivity contribution in [3.63, 3.8) is 0 Å². The summed E-state index contributed by atoms with van der Waals surface area (Å²) in [6.07, 6.45) is -4.16. The first-order valence-electron chi connectivity index (χ1n) is 12.1. The lowest BCUT2D eigenvalue weighted by Crippen LogP contribution is -2.52. The fourth-order valence-electron chi connectivity index (χ4n) is 4.45. The van der Waals surface area contributed by atoms with Crippen LogP contribution in [0.4, 0.5) is 18.9 Å². The summed E-state index contributed by atoms with van der Waals surface area (Å²) in [5, 5.41) is 0. The van der Waals surface area contributed by atoms with Crippen molar-refractivity contribution in [2.24, 2.45) is 10.9 Å². The standard InChI is InChI=1S/C27H34F3N3O2S/c1-6-35-26(34)14-20-11-19(4)12-21(13-20)16-32-9-10-33(24(17-32)18(2)3)36-25-15-22(27(28,29)30)7-8-23(25)31-5/h7-8,11-13,15,18,24H,5-6,9-10,14,16-17H2,1-4H3/t24-/m0/s1. The molecule has 0 bridgehead atoms. The van der Waals surface area contributed by atoms with E-state index < -0.39 is 11.7 Å². The molecule has 0 saturated carbocycles. The SMILES string of the molecule is C=Nc1ccc(C(F)(F)F)cc1SN1CCN(Cc2cc(C)cc(CC(=O)OCC)c2)C[C@H]1C(C)C. The van der Waals surface area contributed by atoms with Crippen molar-refractivity contribution < 1.29 is 22.7 Å². The molecule has 1 heterocycles. The average molecular weight is 522 g/mol. The van der Waals surface area contributed by atoms with E-state index in [0.717, 1.165) is 48.5 Å². The Balaban J connectivity index is 1.73. The second-order valence-electron chi connectivity index (χ2n) is 9.43. The third-order valence-electron chi connectivity index (χ3n) is 6.15. The minimum atomic E-state index is -4.41. The van der Waals surface area contributed by atoms with E-state index in [0.29, 0.717) is 29.7 Å². The molecule has 0 aliphatic carbocycles. The van der Waals surface area contributed by atoms with Crippen LogP contribution in [0.1, 0.15) is 43.0 Å². The van der Waals surface area contributed by atoms with Crippen molar-refractivity contribution in [3.8, 4) is 0 Å². The lowest BCUT2D eigenvalue weighted by Gasteiger charge is -2.42. The van der Waals surface area contributed by atoms with Gasteiger partial charge in [-0.25, -0.2) is 4.31 Å². The van der Waals surface area contributed by atoms with Crippen LogP contribution in [0, 0.1) is 12.8 Å². The lowest BCUT2D eigenvalue weighted by atomic mass is 10.0. The number of carbonyl (C=O) groups is 1. The number of nitrogens with zero attached hydrogens (tertiary/aromatic N) is 3. The smallest absolute Gasteiger partial charge is 0.416 e. The van der Waals surface area contributed by atoms with Crippen LogP contribution in [-0.2, 0) is 28.7 Å². The normalized spacial score (nSPS) is 17.4. The highest BCUT2D eigenvalue weighted by Crippen LogP contribution is 2.40. The quantitative estimate of drug-likeness (QED) is 0.220. The van der Waals surface area contributed by atoms with Gasteiger partial charge in [0.05, 0.1) is 24.3 Å². The van der Waals surface area contributed by atoms with Crippen molar-refractivity contribution in [2.45, 2.75) is 57.8 Å². The van der Waals surface area contributed by atoms with Gasteiger partial charge in [0.1, 0.15) is 0 Å². The predicted molar refractivity (Wildman–Crippen MR) is 139 cm³/mol. The number of hydrogen-bond acceptors (Lipinski definition) is 6. The van der Waals surface area contributed by atoms with Crippen molar-refractivity contribution >= 4 is 30.3 Å². The van der Waals surface area contributed by atoms with Crippen LogP contribution in [0.2, 0.25) is 0 Å². The Labute approximate surface area is 215 Å². The molecule has 2 aromatic carbocycles. The first kappa shape index (κ1) is 28.2. The molecule has 1 aliphatic rings. The van der Waals surface area contributed by atoms with Crippen LogP contribution in [0.5, 0.6) is 0 Å². The second-order valence-corrected chi connectivity index (χ2v) is 10.5. The number of alkyl halides is 3. The molecule has 9 heteroatoms. The maximum atomic E-state index is 13.3. The zero-order chi connectivity index (χ0) is 26.5. The number of halogens is 3. The number of carbonyl (C=O) groups excluding carboxylic acids is 1. The summed E-state index contributed by atoms with van der Waals surface area (Å²) in [5.41, 5.74) is 2.93. The first-order valence-corrected chi connectivity index (χ1v) is 12.9. The zero-order valence-corrected chi connectivity index (χ0v) is 22.1. The van der Waals surface area contributed by atoms with Gasteiger partial charge in [0.25, 0.3) is 0 Å². The van der Waals surface area contributed by atoms with Crippen molar-refractivity contribution in [1.29, 1.82) is 0 Å². The number of aryl methyl sites for hydroxylation is 1. The summed E-state index contributed by atoms with van der Waals surface area (Å²) in [6, 6.07) is 9.92. The molecule has 0 unspecified atom stereocenters. The maximum Gasteiger partial charge on any atom is 0.416 e. The Morgan fingerprint density at radius 1 is 1.19 bits per heavy atom. The molecule has 0 spiro atoms. The van der Waals surface area contributed by atoms with Gasteiger partial charge in [-0.2, -0.15) is 13.2 Å². The Hall–Kier alpha value is -2.36. The minimum Gasteiger partial charge on any atom is -0.466 e. The zero-order valence-electron chi connectivity index (χ0n) is 21.3. The summed E-state index contributed by atoms with van der Waals surface area (Å²) in [4.78, 5) is 18.7. The molecule has 196 valence electrons. The number of aliphatic imine (C=N–C) groups is 1. The number of esters is 1. The molecule has 1 fully saturated rings. The van der Waals surface area contributed by atoms with Gasteiger partial charge in [-0.3, -0.25) is 14.7 Å². The Morgan fingerprint density at radius 2 is 1.92 bits per heavy atom. The Kier molecular flexibility index (Phi) is 9.60. The Morgan fingerprint density at radius 3 is 2.56 bits per heavy atom. The van der Waals surface area contributed by atoms with Gasteiger partial charge in [-0.15, -0.1) is 0 Å². The fourth-order valence-corrected chi connectivity index (χ4v) is 5.73. The van der Waals surface area contributed by atoms with E-state index in [2.05, 4.69) is 46.9 Å². The second kappa shape index (κ2) is 12.3. The Bertz CT molecular complexity index is 1070. The van der Waals surface area contributed by atoms with Gasteiger partial charge >= 0.3 is 12.1 Å². The van der Waals surface area contributed by atoms with Gasteiger partial charge in [0.2, 0.25) is 0 Å². The molecule has 0 N–H and O–H groups in total. The van der Waals surface area contributed by atoms with Crippen LogP contribution in [0.15, 0.2) is 46.3 Å². The first-order chi connectivity index (χ1) is 17.0. The molecule has 1 atom stereocenters. The summed E-state index contributed by atoms with van der Waals surface area (Å²) in [7, 11) is 0. The van der Waals surface area contributed by atoms with E-state index in [-0.39, 0.29) is 18.4 Å². The number of rotatable bonds is 9. The molecule has 3 rings (SSSR count). The van der Waals surface area contributed by atoms with Crippen LogP contribution < -0.4 is 0 Å². The number of hydrogen-bond donors (Lipinski definition) is 0. The van der Waals surface area contributed by atoms with E-state index in [1.807, 2.05) is 13.0 Å². The third kappa shape index (κ3) is 7.57. The predicted octanol–water partition coefficient (Wildman–Crippen LogP) is 6.30. The van der Waals surface area contributed by atoms with Crippen LogP contribution in [0.25, 0.3) is 0 Å². The summed E-state index contributed by atoms with van der Waals surface area (Å²) in [5.74, 6) is 0.0608. The number of piperazine rings is 1. The van der Waals surface area contributed by atoms with Crippen LogP contribution >= 0.6 is 11.9 Å². The van der Waals surface area contributed by atoms with E-state index in [1.54, 1.807) is 6.92 Å². The summed E-state index contributed by atoms with van der Waals surface area (Å²) < 4.78 is 47.2. The van der Waals surface area contributed by atoms with Crippen molar-refractivity contribution in [3.05, 3.63) is 58.7 Å². The molecular formula is C27H34F3N3O2S. The summed E-state index contributed by atoms with van der Waals surface area (Å²) >= 11 is 1.33. The molecule has 0 radical (unpaired) electrons. The topological polar surface area (TPSA) is 45.1 Å². The number of benzene rings is 2. The van der Waals surface area contributed by atoms with Gasteiger partial charge < -0.3 is 4.74 Å². The van der Waals surface area contributed by atoms with E-state index in [1.165, 1.54) is 18.0 Å².